The van der Waals surface area contributed by atoms with Gasteiger partial charge >= 0.3 is 0 Å². The average Bonchev–Trinajstić information content (AvgIpc) is 2.85. The highest BCUT2D eigenvalue weighted by atomic mass is 79.9. The summed E-state index contributed by atoms with van der Waals surface area (Å²) < 4.78 is 1.02. The van der Waals surface area contributed by atoms with E-state index in [9.17, 15) is 4.79 Å². The van der Waals surface area contributed by atoms with E-state index in [4.69, 9.17) is 0 Å². The highest BCUT2D eigenvalue weighted by Crippen LogP contribution is 2.24. The van der Waals surface area contributed by atoms with Crippen molar-refractivity contribution in [3.63, 3.8) is 0 Å². The Hall–Kier alpha value is -0.390. The highest BCUT2D eigenvalue weighted by Gasteiger charge is 2.22. The number of piperidine rings is 1. The summed E-state index contributed by atoms with van der Waals surface area (Å²) in [5.74, 6) is 0.844. The molecule has 0 bridgehead atoms. The second-order valence-electron chi connectivity index (χ2n) is 5.05. The zero-order chi connectivity index (χ0) is 13.7. The van der Waals surface area contributed by atoms with Gasteiger partial charge in [0.2, 0.25) is 0 Å². The third-order valence-corrected chi connectivity index (χ3v) is 5.11. The molecule has 1 aliphatic rings. The van der Waals surface area contributed by atoms with Gasteiger partial charge in [0.05, 0.1) is 8.66 Å². The van der Waals surface area contributed by atoms with Crippen LogP contribution in [0.4, 0.5) is 0 Å². The molecule has 0 atom stereocenters. The molecule has 0 aromatic carbocycles. The van der Waals surface area contributed by atoms with Gasteiger partial charge in [0.1, 0.15) is 0 Å². The lowest BCUT2D eigenvalue weighted by Gasteiger charge is -2.29. The fraction of sp³-hybridized carbons (Fsp3) is 0.643. The van der Waals surface area contributed by atoms with Crippen LogP contribution >= 0.6 is 27.3 Å². The maximum Gasteiger partial charge on any atom is 0.263 e. The van der Waals surface area contributed by atoms with Gasteiger partial charge in [-0.1, -0.05) is 6.92 Å². The second-order valence-corrected chi connectivity index (χ2v) is 7.51. The van der Waals surface area contributed by atoms with Gasteiger partial charge in [-0.15, -0.1) is 11.3 Å². The van der Waals surface area contributed by atoms with Crippen molar-refractivity contribution in [2.75, 3.05) is 26.2 Å². The van der Waals surface area contributed by atoms with E-state index in [1.54, 1.807) is 0 Å². The van der Waals surface area contributed by atoms with Crippen LogP contribution in [-0.2, 0) is 0 Å². The Labute approximate surface area is 127 Å². The van der Waals surface area contributed by atoms with Gasteiger partial charge in [0.15, 0.2) is 0 Å². The molecule has 0 spiro atoms. The smallest absolute Gasteiger partial charge is 0.263 e. The molecule has 0 unspecified atom stereocenters. The number of hydrogen-bond acceptors (Lipinski definition) is 3. The molecule has 1 amide bonds. The zero-order valence-corrected chi connectivity index (χ0v) is 13.7. The van der Waals surface area contributed by atoms with Crippen LogP contribution in [0.15, 0.2) is 15.9 Å². The topological polar surface area (TPSA) is 32.3 Å². The first-order valence-corrected chi connectivity index (χ1v) is 8.57. The molecule has 19 heavy (non-hydrogen) atoms. The number of rotatable bonds is 5. The van der Waals surface area contributed by atoms with Crippen LogP contribution in [0.25, 0.3) is 0 Å². The summed E-state index contributed by atoms with van der Waals surface area (Å²) in [4.78, 5) is 15.4. The number of hydrogen-bond donors (Lipinski definition) is 1. The number of nitrogens with one attached hydrogen (secondary N) is 1. The quantitative estimate of drug-likeness (QED) is 0.888. The molecule has 0 aliphatic carbocycles. The van der Waals surface area contributed by atoms with Crippen LogP contribution in [0.5, 0.6) is 0 Å². The Morgan fingerprint density at radius 2 is 2.21 bits per heavy atom. The molecule has 1 fully saturated rings. The Kier molecular flexibility index (Phi) is 5.85. The third-order valence-electron chi connectivity index (χ3n) is 3.50. The Balaban J connectivity index is 1.99. The Morgan fingerprint density at radius 3 is 2.79 bits per heavy atom. The molecule has 1 aromatic rings. The maximum atomic E-state index is 12.5. The van der Waals surface area contributed by atoms with Crippen LogP contribution in [0, 0.1) is 5.92 Å². The monoisotopic (exact) mass is 344 g/mol. The normalized spacial score (nSPS) is 16.5. The molecule has 2 rings (SSSR count). The second kappa shape index (κ2) is 7.41. The largest absolute Gasteiger partial charge is 0.338 e. The van der Waals surface area contributed by atoms with Crippen molar-refractivity contribution in [2.24, 2.45) is 5.92 Å². The zero-order valence-electron chi connectivity index (χ0n) is 11.3. The number of amides is 1. The molecule has 106 valence electrons. The Bertz CT molecular complexity index is 415. The molecule has 1 N–H and O–H groups in total. The van der Waals surface area contributed by atoms with E-state index in [0.29, 0.717) is 5.92 Å². The lowest BCUT2D eigenvalue weighted by atomic mass is 9.97. The van der Waals surface area contributed by atoms with Crippen molar-refractivity contribution >= 4 is 33.2 Å². The number of nitrogens with zero attached hydrogens (tertiary/aromatic N) is 1. The van der Waals surface area contributed by atoms with Crippen molar-refractivity contribution in [1.82, 2.24) is 10.2 Å². The summed E-state index contributed by atoms with van der Waals surface area (Å²) in [5, 5.41) is 3.38. The fourth-order valence-electron chi connectivity index (χ4n) is 2.51. The third kappa shape index (κ3) is 4.29. The van der Waals surface area contributed by atoms with Crippen molar-refractivity contribution < 1.29 is 4.79 Å². The van der Waals surface area contributed by atoms with Crippen molar-refractivity contribution in [3.8, 4) is 0 Å². The summed E-state index contributed by atoms with van der Waals surface area (Å²) >= 11 is 4.95. The summed E-state index contributed by atoms with van der Waals surface area (Å²) in [5.41, 5.74) is 0. The van der Waals surface area contributed by atoms with Crippen LogP contribution in [0.2, 0.25) is 0 Å². The average molecular weight is 345 g/mol. The molecule has 0 saturated carbocycles. The van der Waals surface area contributed by atoms with E-state index in [2.05, 4.69) is 28.2 Å². The molecule has 0 radical (unpaired) electrons. The van der Waals surface area contributed by atoms with E-state index in [1.807, 2.05) is 17.0 Å². The SMILES string of the molecule is CCCN(CC1CCNCC1)C(=O)c1ccc(Br)s1. The first-order chi connectivity index (χ1) is 9.20. The summed E-state index contributed by atoms with van der Waals surface area (Å²) in [6.07, 6.45) is 3.38. The predicted molar refractivity (Wildman–Crippen MR) is 83.8 cm³/mol. The van der Waals surface area contributed by atoms with E-state index in [-0.39, 0.29) is 5.91 Å². The van der Waals surface area contributed by atoms with Crippen LogP contribution < -0.4 is 5.32 Å². The maximum absolute atomic E-state index is 12.5. The minimum atomic E-state index is 0.191. The van der Waals surface area contributed by atoms with Crippen LogP contribution in [-0.4, -0.2) is 37.0 Å². The molecular weight excluding hydrogens is 324 g/mol. The summed E-state index contributed by atoms with van der Waals surface area (Å²) in [6, 6.07) is 3.87. The van der Waals surface area contributed by atoms with Gasteiger partial charge in [-0.3, -0.25) is 4.79 Å². The molecule has 1 aromatic heterocycles. The minimum Gasteiger partial charge on any atom is -0.338 e. The van der Waals surface area contributed by atoms with E-state index in [1.165, 1.54) is 24.2 Å². The molecular formula is C14H21BrN2OS. The predicted octanol–water partition coefficient (Wildman–Crippen LogP) is 3.36. The molecule has 2 heterocycles. The first-order valence-electron chi connectivity index (χ1n) is 6.96. The lowest BCUT2D eigenvalue weighted by Crippen LogP contribution is -2.39. The van der Waals surface area contributed by atoms with Crippen LogP contribution in [0.3, 0.4) is 0 Å². The molecule has 1 saturated heterocycles. The van der Waals surface area contributed by atoms with Crippen molar-refractivity contribution in [3.05, 3.63) is 20.8 Å². The molecule has 3 nitrogen and oxygen atoms in total. The summed E-state index contributed by atoms with van der Waals surface area (Å²) in [7, 11) is 0. The van der Waals surface area contributed by atoms with Crippen LogP contribution in [0.1, 0.15) is 35.9 Å². The van der Waals surface area contributed by atoms with Crippen molar-refractivity contribution in [2.45, 2.75) is 26.2 Å². The number of carbonyl (C=O) groups is 1. The fourth-order valence-corrected chi connectivity index (χ4v) is 3.86. The lowest BCUT2D eigenvalue weighted by molar-refractivity contribution is 0.0721. The molecule has 5 heteroatoms. The summed E-state index contributed by atoms with van der Waals surface area (Å²) in [6.45, 7) is 6.07. The van der Waals surface area contributed by atoms with E-state index in [0.717, 1.165) is 41.3 Å². The number of carbonyl (C=O) groups excluding carboxylic acids is 1. The van der Waals surface area contributed by atoms with Gasteiger partial charge in [-0.25, -0.2) is 0 Å². The minimum absolute atomic E-state index is 0.191. The van der Waals surface area contributed by atoms with Gasteiger partial charge < -0.3 is 10.2 Å². The van der Waals surface area contributed by atoms with Gasteiger partial charge in [0.25, 0.3) is 5.91 Å². The van der Waals surface area contributed by atoms with E-state index >= 15 is 0 Å². The van der Waals surface area contributed by atoms with Crippen molar-refractivity contribution in [1.29, 1.82) is 0 Å². The van der Waals surface area contributed by atoms with Gasteiger partial charge in [0, 0.05) is 13.1 Å². The highest BCUT2D eigenvalue weighted by molar-refractivity contribution is 9.11. The number of thiophene rings is 1. The van der Waals surface area contributed by atoms with E-state index < -0.39 is 0 Å². The van der Waals surface area contributed by atoms with Gasteiger partial charge in [-0.05, 0) is 66.3 Å². The van der Waals surface area contributed by atoms with Gasteiger partial charge in [-0.2, -0.15) is 0 Å². The Morgan fingerprint density at radius 1 is 1.47 bits per heavy atom. The molecule has 1 aliphatic heterocycles. The first kappa shape index (κ1) is 15.0. The standard InChI is InChI=1S/C14H21BrN2OS/c1-2-9-17(10-11-5-7-16-8-6-11)14(18)12-3-4-13(15)19-12/h3-4,11,16H,2,5-10H2,1H3. The number of halogens is 1.